The molecule has 0 saturated heterocycles. The van der Waals surface area contributed by atoms with E-state index in [0.717, 1.165) is 36.9 Å². The van der Waals surface area contributed by atoms with Crippen molar-refractivity contribution in [3.8, 4) is 6.07 Å². The number of pyridine rings is 1. The van der Waals surface area contributed by atoms with E-state index in [4.69, 9.17) is 5.26 Å². The molecule has 0 unspecified atom stereocenters. The highest BCUT2D eigenvalue weighted by molar-refractivity contribution is 5.40. The minimum Gasteiger partial charge on any atom is -0.360 e. The molecule has 0 spiro atoms. The fraction of sp³-hybridized carbons (Fsp3) is 0.467. The Balaban J connectivity index is 1.86. The van der Waals surface area contributed by atoms with Gasteiger partial charge in [-0.3, -0.25) is 0 Å². The molecule has 1 atom stereocenters. The number of anilines is 1. The molecule has 0 bridgehead atoms. The van der Waals surface area contributed by atoms with Crippen molar-refractivity contribution >= 4 is 5.82 Å². The van der Waals surface area contributed by atoms with Crippen LogP contribution >= 0.6 is 0 Å². The van der Waals surface area contributed by atoms with Gasteiger partial charge in [-0.05, 0) is 24.5 Å². The van der Waals surface area contributed by atoms with Gasteiger partial charge in [0.15, 0.2) is 5.82 Å². The minimum atomic E-state index is 0.0600. The Morgan fingerprint density at radius 3 is 2.86 bits per heavy atom. The van der Waals surface area contributed by atoms with Crippen LogP contribution in [0.2, 0.25) is 0 Å². The highest BCUT2D eigenvalue weighted by atomic mass is 15.3. The largest absolute Gasteiger partial charge is 0.360 e. The third-order valence-corrected chi connectivity index (χ3v) is 3.78. The number of fused-ring (bicyclic) bond motifs is 1. The van der Waals surface area contributed by atoms with Crippen molar-refractivity contribution < 1.29 is 0 Å². The lowest BCUT2D eigenvalue weighted by atomic mass is 10.0. The summed E-state index contributed by atoms with van der Waals surface area (Å²) in [5.74, 6) is 3.16. The minimum absolute atomic E-state index is 0.0600. The van der Waals surface area contributed by atoms with Gasteiger partial charge in [0.2, 0.25) is 0 Å². The molecule has 0 aliphatic carbocycles. The molecule has 2 aromatic heterocycles. The average Bonchev–Trinajstić information content (AvgIpc) is 3.08. The lowest BCUT2D eigenvalue weighted by Crippen LogP contribution is -2.21. The summed E-state index contributed by atoms with van der Waals surface area (Å²) in [6.07, 6.45) is 3.72. The first-order valence-corrected chi connectivity index (χ1v) is 7.23. The number of rotatable bonds is 4. The SMILES string of the molecule is CC(C)[C@@H](Nc1ccc(C#N)cn1)c1nnc2n1CCC2. The lowest BCUT2D eigenvalue weighted by molar-refractivity contribution is 0.495. The molecule has 1 aliphatic heterocycles. The van der Waals surface area contributed by atoms with Gasteiger partial charge >= 0.3 is 0 Å². The zero-order valence-corrected chi connectivity index (χ0v) is 12.2. The molecular formula is C15H18N6. The Kier molecular flexibility index (Phi) is 3.57. The topological polar surface area (TPSA) is 79.4 Å². The maximum Gasteiger partial charge on any atom is 0.155 e. The first kappa shape index (κ1) is 13.6. The maximum absolute atomic E-state index is 8.82. The summed E-state index contributed by atoms with van der Waals surface area (Å²) in [6.45, 7) is 5.29. The van der Waals surface area contributed by atoms with E-state index in [1.54, 1.807) is 12.3 Å². The number of nitrogens with zero attached hydrogens (tertiary/aromatic N) is 5. The molecule has 6 nitrogen and oxygen atoms in total. The Hall–Kier alpha value is -2.42. The van der Waals surface area contributed by atoms with Crippen molar-refractivity contribution in [2.24, 2.45) is 5.92 Å². The van der Waals surface area contributed by atoms with Crippen LogP contribution in [-0.2, 0) is 13.0 Å². The van der Waals surface area contributed by atoms with Crippen molar-refractivity contribution in [2.75, 3.05) is 5.32 Å². The van der Waals surface area contributed by atoms with Crippen LogP contribution in [0.3, 0.4) is 0 Å². The van der Waals surface area contributed by atoms with E-state index in [1.807, 2.05) is 6.07 Å². The smallest absolute Gasteiger partial charge is 0.155 e. The lowest BCUT2D eigenvalue weighted by Gasteiger charge is -2.22. The first-order valence-electron chi connectivity index (χ1n) is 7.23. The van der Waals surface area contributed by atoms with Gasteiger partial charge in [0.05, 0.1) is 11.6 Å². The summed E-state index contributed by atoms with van der Waals surface area (Å²) in [6, 6.07) is 5.73. The summed E-state index contributed by atoms with van der Waals surface area (Å²) < 4.78 is 2.21. The Morgan fingerprint density at radius 1 is 1.33 bits per heavy atom. The number of aryl methyl sites for hydroxylation is 1. The summed E-state index contributed by atoms with van der Waals surface area (Å²) in [7, 11) is 0. The van der Waals surface area contributed by atoms with Gasteiger partial charge in [0.25, 0.3) is 0 Å². The Morgan fingerprint density at radius 2 is 2.19 bits per heavy atom. The molecule has 0 radical (unpaired) electrons. The van der Waals surface area contributed by atoms with E-state index >= 15 is 0 Å². The van der Waals surface area contributed by atoms with Gasteiger partial charge in [-0.1, -0.05) is 13.8 Å². The van der Waals surface area contributed by atoms with Crippen LogP contribution in [0.1, 0.15) is 43.5 Å². The van der Waals surface area contributed by atoms with Crippen LogP contribution in [0.25, 0.3) is 0 Å². The normalized spacial score (nSPS) is 14.8. The van der Waals surface area contributed by atoms with Crippen LogP contribution in [-0.4, -0.2) is 19.7 Å². The number of nitriles is 1. The average molecular weight is 282 g/mol. The third-order valence-electron chi connectivity index (χ3n) is 3.78. The van der Waals surface area contributed by atoms with Gasteiger partial charge in [0, 0.05) is 19.2 Å². The second kappa shape index (κ2) is 5.52. The highest BCUT2D eigenvalue weighted by Gasteiger charge is 2.26. The molecule has 0 aromatic carbocycles. The molecule has 6 heteroatoms. The van der Waals surface area contributed by atoms with Gasteiger partial charge < -0.3 is 9.88 Å². The molecule has 108 valence electrons. The van der Waals surface area contributed by atoms with Crippen LogP contribution in [0, 0.1) is 17.2 Å². The van der Waals surface area contributed by atoms with E-state index in [-0.39, 0.29) is 6.04 Å². The van der Waals surface area contributed by atoms with Crippen LogP contribution in [0.4, 0.5) is 5.82 Å². The standard InChI is InChI=1S/C15H18N6/c1-10(2)14(15-20-19-13-4-3-7-21(13)15)18-12-6-5-11(8-16)9-17-12/h5-6,9-10,14H,3-4,7H2,1-2H3,(H,17,18)/t14-/m1/s1. The predicted molar refractivity (Wildman–Crippen MR) is 78.5 cm³/mol. The van der Waals surface area contributed by atoms with Gasteiger partial charge in [-0.2, -0.15) is 5.26 Å². The molecular weight excluding hydrogens is 264 g/mol. The monoisotopic (exact) mass is 282 g/mol. The Labute approximate surface area is 123 Å². The molecule has 21 heavy (non-hydrogen) atoms. The van der Waals surface area contributed by atoms with Crippen molar-refractivity contribution in [1.82, 2.24) is 19.7 Å². The summed E-state index contributed by atoms with van der Waals surface area (Å²) in [5, 5.41) is 20.9. The third kappa shape index (κ3) is 2.59. The van der Waals surface area contributed by atoms with Crippen molar-refractivity contribution in [1.29, 1.82) is 5.26 Å². The van der Waals surface area contributed by atoms with E-state index in [0.29, 0.717) is 11.5 Å². The molecule has 0 saturated carbocycles. The highest BCUT2D eigenvalue weighted by Crippen LogP contribution is 2.27. The van der Waals surface area contributed by atoms with Crippen LogP contribution in [0.15, 0.2) is 18.3 Å². The van der Waals surface area contributed by atoms with Crippen molar-refractivity contribution in [2.45, 2.75) is 39.3 Å². The van der Waals surface area contributed by atoms with Gasteiger partial charge in [-0.25, -0.2) is 4.98 Å². The second-order valence-electron chi connectivity index (χ2n) is 5.64. The van der Waals surface area contributed by atoms with Gasteiger partial charge in [-0.15, -0.1) is 10.2 Å². The number of aromatic nitrogens is 4. The number of hydrogen-bond acceptors (Lipinski definition) is 5. The van der Waals surface area contributed by atoms with E-state index < -0.39 is 0 Å². The van der Waals surface area contributed by atoms with Crippen LogP contribution in [0.5, 0.6) is 0 Å². The first-order chi connectivity index (χ1) is 10.2. The Bertz CT molecular complexity index is 664. The molecule has 1 N–H and O–H groups in total. The van der Waals surface area contributed by atoms with Crippen LogP contribution < -0.4 is 5.32 Å². The summed E-state index contributed by atoms with van der Waals surface area (Å²) in [4.78, 5) is 4.28. The molecule has 1 aliphatic rings. The molecule has 0 fully saturated rings. The zero-order valence-electron chi connectivity index (χ0n) is 12.2. The van der Waals surface area contributed by atoms with E-state index in [1.165, 1.54) is 0 Å². The number of nitrogens with one attached hydrogen (secondary N) is 1. The van der Waals surface area contributed by atoms with E-state index in [2.05, 4.69) is 45.0 Å². The van der Waals surface area contributed by atoms with E-state index in [9.17, 15) is 0 Å². The molecule has 2 aromatic rings. The van der Waals surface area contributed by atoms with Gasteiger partial charge in [0.1, 0.15) is 17.7 Å². The molecule has 3 heterocycles. The zero-order chi connectivity index (χ0) is 14.8. The molecule has 0 amide bonds. The quantitative estimate of drug-likeness (QED) is 0.930. The second-order valence-corrected chi connectivity index (χ2v) is 5.64. The summed E-state index contributed by atoms with van der Waals surface area (Å²) in [5.41, 5.74) is 0.560. The number of hydrogen-bond donors (Lipinski definition) is 1. The fourth-order valence-electron chi connectivity index (χ4n) is 2.64. The summed E-state index contributed by atoms with van der Waals surface area (Å²) >= 11 is 0. The molecule has 3 rings (SSSR count). The van der Waals surface area contributed by atoms with Crippen molar-refractivity contribution in [3.05, 3.63) is 35.5 Å². The fourth-order valence-corrected chi connectivity index (χ4v) is 2.64. The predicted octanol–water partition coefficient (Wildman–Crippen LogP) is 2.30. The maximum atomic E-state index is 8.82. The van der Waals surface area contributed by atoms with Crippen molar-refractivity contribution in [3.63, 3.8) is 0 Å².